The Bertz CT molecular complexity index is 538. The predicted octanol–water partition coefficient (Wildman–Crippen LogP) is 4.20. The largest absolute Gasteiger partial charge is 0.245 e. The van der Waals surface area contributed by atoms with Crippen LogP contribution in [0.5, 0.6) is 0 Å². The summed E-state index contributed by atoms with van der Waals surface area (Å²) in [6, 6.07) is 1.81. The van der Waals surface area contributed by atoms with Gasteiger partial charge in [0.15, 0.2) is 0 Å². The molecule has 19 heavy (non-hydrogen) atoms. The van der Waals surface area contributed by atoms with E-state index in [9.17, 15) is 8.42 Å². The fraction of sp³-hybridized carbons (Fsp3) is 0.667. The minimum atomic E-state index is -3.42. The summed E-state index contributed by atoms with van der Waals surface area (Å²) in [6.45, 7) is 0. The molecule has 0 N–H and O–H groups in total. The summed E-state index contributed by atoms with van der Waals surface area (Å²) in [5.41, 5.74) is 0. The molecule has 1 aliphatic rings. The van der Waals surface area contributed by atoms with Crippen LogP contribution in [0.2, 0.25) is 0 Å². The third-order valence-electron chi connectivity index (χ3n) is 3.58. The SMILES string of the molecule is CN(C1CCCCC1)S(=O)(=O)c1cc(CCl)sc1Br. The lowest BCUT2D eigenvalue weighted by molar-refractivity contribution is 0.286. The number of thiophene rings is 1. The van der Waals surface area contributed by atoms with Crippen LogP contribution in [0.4, 0.5) is 0 Å². The van der Waals surface area contributed by atoms with Crippen molar-refractivity contribution in [3.05, 3.63) is 14.7 Å². The fourth-order valence-corrected chi connectivity index (χ4v) is 6.57. The van der Waals surface area contributed by atoms with E-state index in [1.165, 1.54) is 22.1 Å². The van der Waals surface area contributed by atoms with Gasteiger partial charge in [-0.05, 0) is 34.8 Å². The van der Waals surface area contributed by atoms with Gasteiger partial charge in [0.05, 0.1) is 9.67 Å². The molecule has 0 aromatic carbocycles. The topological polar surface area (TPSA) is 37.4 Å². The van der Waals surface area contributed by atoms with Crippen LogP contribution in [0, 0.1) is 0 Å². The molecule has 1 saturated carbocycles. The molecular weight excluding hydrogens is 370 g/mol. The van der Waals surface area contributed by atoms with Gasteiger partial charge in [0.25, 0.3) is 0 Å². The maximum absolute atomic E-state index is 12.6. The first-order valence-corrected chi connectivity index (χ1v) is 9.87. The summed E-state index contributed by atoms with van der Waals surface area (Å²) in [4.78, 5) is 1.21. The number of alkyl halides is 1. The number of sulfonamides is 1. The van der Waals surface area contributed by atoms with Gasteiger partial charge in [0, 0.05) is 18.0 Å². The summed E-state index contributed by atoms with van der Waals surface area (Å²) in [5.74, 6) is 0.339. The Kier molecular flexibility index (Phi) is 5.34. The third-order valence-corrected chi connectivity index (χ3v) is 8.19. The van der Waals surface area contributed by atoms with Crippen molar-refractivity contribution in [3.8, 4) is 0 Å². The lowest BCUT2D eigenvalue weighted by atomic mass is 9.96. The van der Waals surface area contributed by atoms with Gasteiger partial charge in [0.2, 0.25) is 10.0 Å². The van der Waals surface area contributed by atoms with Gasteiger partial charge >= 0.3 is 0 Å². The predicted molar refractivity (Wildman–Crippen MR) is 83.4 cm³/mol. The first-order valence-electron chi connectivity index (χ1n) is 6.29. The molecule has 1 aromatic heterocycles. The summed E-state index contributed by atoms with van der Waals surface area (Å²) in [5, 5.41) is 0. The molecule has 1 aliphatic carbocycles. The molecular formula is C12H17BrClNO2S2. The van der Waals surface area contributed by atoms with E-state index in [0.717, 1.165) is 30.6 Å². The van der Waals surface area contributed by atoms with E-state index >= 15 is 0 Å². The molecule has 3 nitrogen and oxygen atoms in total. The Balaban J connectivity index is 2.27. The highest BCUT2D eigenvalue weighted by Crippen LogP contribution is 2.35. The zero-order valence-electron chi connectivity index (χ0n) is 10.7. The van der Waals surface area contributed by atoms with E-state index in [1.54, 1.807) is 13.1 Å². The first-order chi connectivity index (χ1) is 8.96. The minimum absolute atomic E-state index is 0.130. The van der Waals surface area contributed by atoms with E-state index in [4.69, 9.17) is 11.6 Å². The second kappa shape index (κ2) is 6.43. The van der Waals surface area contributed by atoms with Crippen molar-refractivity contribution >= 4 is 48.9 Å². The summed E-state index contributed by atoms with van der Waals surface area (Å²) < 4.78 is 27.5. The molecule has 0 aliphatic heterocycles. The smallest absolute Gasteiger partial charge is 0.207 e. The Morgan fingerprint density at radius 3 is 2.58 bits per heavy atom. The monoisotopic (exact) mass is 385 g/mol. The molecule has 0 spiro atoms. The average Bonchev–Trinajstić information content (AvgIpc) is 2.81. The summed E-state index contributed by atoms with van der Waals surface area (Å²) in [7, 11) is -1.73. The van der Waals surface area contributed by atoms with Gasteiger partial charge in [-0.1, -0.05) is 19.3 Å². The van der Waals surface area contributed by atoms with Crippen LogP contribution in [-0.2, 0) is 15.9 Å². The first kappa shape index (κ1) is 15.8. The highest BCUT2D eigenvalue weighted by Gasteiger charge is 2.31. The van der Waals surface area contributed by atoms with Gasteiger partial charge in [0.1, 0.15) is 4.90 Å². The Labute approximate surface area is 132 Å². The van der Waals surface area contributed by atoms with Crippen LogP contribution in [0.15, 0.2) is 14.7 Å². The molecule has 1 heterocycles. The normalized spacial score (nSPS) is 18.1. The third kappa shape index (κ3) is 3.35. The van der Waals surface area contributed by atoms with Crippen molar-refractivity contribution in [2.24, 2.45) is 0 Å². The lowest BCUT2D eigenvalue weighted by Crippen LogP contribution is -2.38. The van der Waals surface area contributed by atoms with Crippen LogP contribution in [0.25, 0.3) is 0 Å². The standard InChI is InChI=1S/C12H17BrClNO2S2/c1-15(9-5-3-2-4-6-9)19(16,17)11-7-10(8-14)18-12(11)13/h7,9H,2-6,8H2,1H3. The van der Waals surface area contributed by atoms with E-state index in [-0.39, 0.29) is 6.04 Å². The summed E-state index contributed by atoms with van der Waals surface area (Å²) >= 11 is 10.5. The average molecular weight is 387 g/mol. The van der Waals surface area contributed by atoms with Crippen LogP contribution >= 0.6 is 38.9 Å². The number of rotatable bonds is 4. The molecule has 2 rings (SSSR count). The van der Waals surface area contributed by atoms with E-state index in [1.807, 2.05) is 0 Å². The van der Waals surface area contributed by atoms with E-state index < -0.39 is 10.0 Å². The number of hydrogen-bond acceptors (Lipinski definition) is 3. The molecule has 0 radical (unpaired) electrons. The van der Waals surface area contributed by atoms with Crippen molar-refractivity contribution in [1.29, 1.82) is 0 Å². The van der Waals surface area contributed by atoms with Crippen LogP contribution in [0.3, 0.4) is 0 Å². The molecule has 1 fully saturated rings. The number of hydrogen-bond donors (Lipinski definition) is 0. The highest BCUT2D eigenvalue weighted by molar-refractivity contribution is 9.11. The zero-order chi connectivity index (χ0) is 14.0. The highest BCUT2D eigenvalue weighted by atomic mass is 79.9. The van der Waals surface area contributed by atoms with Crippen LogP contribution in [-0.4, -0.2) is 25.8 Å². The van der Waals surface area contributed by atoms with E-state index in [0.29, 0.717) is 14.6 Å². The minimum Gasteiger partial charge on any atom is -0.207 e. The van der Waals surface area contributed by atoms with Crippen molar-refractivity contribution < 1.29 is 8.42 Å². The second-order valence-corrected chi connectivity index (χ2v) is 9.49. The molecule has 1 aromatic rings. The fourth-order valence-electron chi connectivity index (χ4n) is 2.44. The Hall–Kier alpha value is 0.380. The maximum atomic E-state index is 12.6. The van der Waals surface area contributed by atoms with Gasteiger partial charge in [-0.15, -0.1) is 22.9 Å². The van der Waals surface area contributed by atoms with Crippen LogP contribution < -0.4 is 0 Å². The second-order valence-electron chi connectivity index (χ2n) is 4.80. The van der Waals surface area contributed by atoms with Crippen molar-refractivity contribution in [1.82, 2.24) is 4.31 Å². The quantitative estimate of drug-likeness (QED) is 0.727. The van der Waals surface area contributed by atoms with Gasteiger partial charge in [-0.25, -0.2) is 8.42 Å². The molecule has 0 bridgehead atoms. The number of nitrogens with zero attached hydrogens (tertiary/aromatic N) is 1. The maximum Gasteiger partial charge on any atom is 0.245 e. The zero-order valence-corrected chi connectivity index (χ0v) is 14.7. The Morgan fingerprint density at radius 2 is 2.05 bits per heavy atom. The number of halogens is 2. The van der Waals surface area contributed by atoms with Gasteiger partial charge < -0.3 is 0 Å². The van der Waals surface area contributed by atoms with E-state index in [2.05, 4.69) is 15.9 Å². The molecule has 0 atom stereocenters. The molecule has 0 unspecified atom stereocenters. The van der Waals surface area contributed by atoms with Gasteiger partial charge in [-0.3, -0.25) is 0 Å². The molecule has 0 amide bonds. The molecule has 7 heteroatoms. The lowest BCUT2D eigenvalue weighted by Gasteiger charge is -2.30. The van der Waals surface area contributed by atoms with Crippen molar-refractivity contribution in [2.45, 2.75) is 48.9 Å². The molecule has 0 saturated heterocycles. The van der Waals surface area contributed by atoms with Crippen LogP contribution in [0.1, 0.15) is 37.0 Å². The van der Waals surface area contributed by atoms with Gasteiger partial charge in [-0.2, -0.15) is 4.31 Å². The molecule has 108 valence electrons. The van der Waals surface area contributed by atoms with Crippen molar-refractivity contribution in [2.75, 3.05) is 7.05 Å². The Morgan fingerprint density at radius 1 is 1.42 bits per heavy atom. The van der Waals surface area contributed by atoms with Crippen molar-refractivity contribution in [3.63, 3.8) is 0 Å². The summed E-state index contributed by atoms with van der Waals surface area (Å²) in [6.07, 6.45) is 5.35.